The van der Waals surface area contributed by atoms with E-state index in [2.05, 4.69) is 35.3 Å². The van der Waals surface area contributed by atoms with Crippen molar-refractivity contribution in [1.29, 1.82) is 0 Å². The standard InChI is InChI=1S/C15H22ClN3/c1-6-9-15(4,5)19-13(11(3)16)18-12-8-7-10(2)17-14(12)19/h7-8,11H,6,9H2,1-5H3. The minimum atomic E-state index is -0.120. The third-order valence-electron chi connectivity index (χ3n) is 3.49. The second kappa shape index (κ2) is 5.12. The Kier molecular flexibility index (Phi) is 3.86. The second-order valence-corrected chi connectivity index (χ2v) is 6.43. The number of hydrogen-bond acceptors (Lipinski definition) is 2. The van der Waals surface area contributed by atoms with Gasteiger partial charge in [0.15, 0.2) is 5.65 Å². The molecule has 0 radical (unpaired) electrons. The number of fused-ring (bicyclic) bond motifs is 1. The molecule has 0 amide bonds. The third kappa shape index (κ3) is 2.62. The summed E-state index contributed by atoms with van der Waals surface area (Å²) < 4.78 is 2.22. The lowest BCUT2D eigenvalue weighted by Gasteiger charge is -2.29. The summed E-state index contributed by atoms with van der Waals surface area (Å²) in [4.78, 5) is 9.34. The van der Waals surface area contributed by atoms with E-state index in [9.17, 15) is 0 Å². The van der Waals surface area contributed by atoms with E-state index in [1.54, 1.807) is 0 Å². The average Bonchev–Trinajstić information content (AvgIpc) is 2.68. The van der Waals surface area contributed by atoms with Gasteiger partial charge in [-0.15, -0.1) is 11.6 Å². The van der Waals surface area contributed by atoms with Crippen LogP contribution in [0.2, 0.25) is 0 Å². The molecule has 0 spiro atoms. The van der Waals surface area contributed by atoms with Gasteiger partial charge in [-0.05, 0) is 46.2 Å². The number of pyridine rings is 1. The Morgan fingerprint density at radius 2 is 2.00 bits per heavy atom. The molecule has 2 aromatic heterocycles. The van der Waals surface area contributed by atoms with Gasteiger partial charge >= 0.3 is 0 Å². The first-order valence-electron chi connectivity index (χ1n) is 6.87. The van der Waals surface area contributed by atoms with Crippen LogP contribution in [0, 0.1) is 6.92 Å². The lowest BCUT2D eigenvalue weighted by Crippen LogP contribution is -2.28. The summed E-state index contributed by atoms with van der Waals surface area (Å²) in [6.07, 6.45) is 2.19. The molecule has 3 nitrogen and oxygen atoms in total. The smallest absolute Gasteiger partial charge is 0.160 e. The largest absolute Gasteiger partial charge is 0.306 e. The third-order valence-corrected chi connectivity index (χ3v) is 3.69. The van der Waals surface area contributed by atoms with Crippen molar-refractivity contribution in [2.24, 2.45) is 0 Å². The van der Waals surface area contributed by atoms with E-state index in [0.717, 1.165) is 35.5 Å². The minimum Gasteiger partial charge on any atom is -0.306 e. The van der Waals surface area contributed by atoms with Crippen molar-refractivity contribution in [3.63, 3.8) is 0 Å². The Labute approximate surface area is 120 Å². The van der Waals surface area contributed by atoms with Gasteiger partial charge in [-0.1, -0.05) is 13.3 Å². The van der Waals surface area contributed by atoms with E-state index >= 15 is 0 Å². The van der Waals surface area contributed by atoms with Crippen LogP contribution in [-0.2, 0) is 5.54 Å². The van der Waals surface area contributed by atoms with Gasteiger partial charge in [0.05, 0.1) is 5.38 Å². The summed E-state index contributed by atoms with van der Waals surface area (Å²) in [7, 11) is 0. The van der Waals surface area contributed by atoms with Crippen molar-refractivity contribution in [2.75, 3.05) is 0 Å². The predicted octanol–water partition coefficient (Wildman–Crippen LogP) is 4.57. The van der Waals surface area contributed by atoms with E-state index in [0.29, 0.717) is 0 Å². The molecule has 0 aliphatic carbocycles. The fraction of sp³-hybridized carbons (Fsp3) is 0.600. The van der Waals surface area contributed by atoms with Crippen molar-refractivity contribution in [2.45, 2.75) is 58.4 Å². The van der Waals surface area contributed by atoms with Gasteiger partial charge in [-0.25, -0.2) is 9.97 Å². The van der Waals surface area contributed by atoms with Crippen LogP contribution in [0.15, 0.2) is 12.1 Å². The van der Waals surface area contributed by atoms with Crippen LogP contribution < -0.4 is 0 Å². The summed E-state index contributed by atoms with van der Waals surface area (Å²) in [6.45, 7) is 10.6. The summed E-state index contributed by atoms with van der Waals surface area (Å²) in [6, 6.07) is 4.02. The van der Waals surface area contributed by atoms with Crippen LogP contribution in [0.25, 0.3) is 11.2 Å². The zero-order valence-corrected chi connectivity index (χ0v) is 13.1. The fourth-order valence-corrected chi connectivity index (χ4v) is 2.80. The number of imidazole rings is 1. The summed E-state index contributed by atoms with van der Waals surface area (Å²) in [5.41, 5.74) is 2.86. The molecule has 104 valence electrons. The zero-order valence-electron chi connectivity index (χ0n) is 12.4. The van der Waals surface area contributed by atoms with Gasteiger partial charge in [0.1, 0.15) is 11.3 Å². The highest BCUT2D eigenvalue weighted by molar-refractivity contribution is 6.20. The van der Waals surface area contributed by atoms with Crippen molar-refractivity contribution in [1.82, 2.24) is 14.5 Å². The topological polar surface area (TPSA) is 30.7 Å². The Morgan fingerprint density at radius 3 is 2.58 bits per heavy atom. The fourth-order valence-electron chi connectivity index (χ4n) is 2.66. The van der Waals surface area contributed by atoms with Crippen LogP contribution in [0.4, 0.5) is 0 Å². The van der Waals surface area contributed by atoms with Crippen LogP contribution in [-0.4, -0.2) is 14.5 Å². The average molecular weight is 280 g/mol. The summed E-state index contributed by atoms with van der Waals surface area (Å²) >= 11 is 6.31. The maximum Gasteiger partial charge on any atom is 0.160 e. The van der Waals surface area contributed by atoms with Crippen LogP contribution in [0.5, 0.6) is 0 Å². The molecule has 2 rings (SSSR count). The van der Waals surface area contributed by atoms with Gasteiger partial charge in [-0.3, -0.25) is 0 Å². The Bertz CT molecular complexity index is 584. The molecule has 4 heteroatoms. The Morgan fingerprint density at radius 1 is 1.32 bits per heavy atom. The molecule has 19 heavy (non-hydrogen) atoms. The van der Waals surface area contributed by atoms with Gasteiger partial charge in [-0.2, -0.15) is 0 Å². The molecular weight excluding hydrogens is 258 g/mol. The number of aryl methyl sites for hydroxylation is 1. The van der Waals surface area contributed by atoms with Crippen LogP contribution in [0.3, 0.4) is 0 Å². The molecule has 0 fully saturated rings. The molecule has 0 saturated carbocycles. The second-order valence-electron chi connectivity index (χ2n) is 5.78. The molecular formula is C15H22ClN3. The van der Waals surface area contributed by atoms with E-state index in [1.807, 2.05) is 26.0 Å². The van der Waals surface area contributed by atoms with Crippen molar-refractivity contribution >= 4 is 22.8 Å². The quantitative estimate of drug-likeness (QED) is 0.767. The van der Waals surface area contributed by atoms with Gasteiger partial charge < -0.3 is 4.57 Å². The number of rotatable bonds is 4. The molecule has 2 heterocycles. The Balaban J connectivity index is 2.73. The van der Waals surface area contributed by atoms with Crippen molar-refractivity contribution in [3.05, 3.63) is 23.7 Å². The molecule has 0 aliphatic rings. The molecule has 1 atom stereocenters. The first-order chi connectivity index (χ1) is 8.86. The Hall–Kier alpha value is -1.09. The highest BCUT2D eigenvalue weighted by Gasteiger charge is 2.27. The molecule has 0 N–H and O–H groups in total. The zero-order chi connectivity index (χ0) is 14.2. The number of aromatic nitrogens is 3. The maximum atomic E-state index is 6.31. The first-order valence-corrected chi connectivity index (χ1v) is 7.31. The molecule has 1 unspecified atom stereocenters. The number of alkyl halides is 1. The number of nitrogens with zero attached hydrogens (tertiary/aromatic N) is 3. The normalized spacial score (nSPS) is 14.0. The molecule has 0 saturated heterocycles. The number of hydrogen-bond donors (Lipinski definition) is 0. The van der Waals surface area contributed by atoms with Crippen LogP contribution >= 0.6 is 11.6 Å². The summed E-state index contributed by atoms with van der Waals surface area (Å²) in [5.74, 6) is 0.910. The first kappa shape index (κ1) is 14.3. The van der Waals surface area contributed by atoms with E-state index in [-0.39, 0.29) is 10.9 Å². The molecule has 0 bridgehead atoms. The van der Waals surface area contributed by atoms with E-state index in [1.165, 1.54) is 0 Å². The maximum absolute atomic E-state index is 6.31. The highest BCUT2D eigenvalue weighted by atomic mass is 35.5. The highest BCUT2D eigenvalue weighted by Crippen LogP contribution is 2.32. The molecule has 0 aliphatic heterocycles. The van der Waals surface area contributed by atoms with E-state index in [4.69, 9.17) is 11.6 Å². The van der Waals surface area contributed by atoms with Gasteiger partial charge in [0.25, 0.3) is 0 Å². The molecule has 0 aromatic carbocycles. The molecule has 2 aromatic rings. The minimum absolute atomic E-state index is 0.0250. The SMILES string of the molecule is CCCC(C)(C)n1c(C(C)Cl)nc2ccc(C)nc21. The lowest BCUT2D eigenvalue weighted by molar-refractivity contribution is 0.321. The van der Waals surface area contributed by atoms with Gasteiger partial charge in [0.2, 0.25) is 0 Å². The van der Waals surface area contributed by atoms with Crippen molar-refractivity contribution in [3.8, 4) is 0 Å². The monoisotopic (exact) mass is 279 g/mol. The lowest BCUT2D eigenvalue weighted by atomic mass is 9.98. The number of halogens is 1. The van der Waals surface area contributed by atoms with E-state index < -0.39 is 0 Å². The van der Waals surface area contributed by atoms with Crippen LogP contribution in [0.1, 0.15) is 57.4 Å². The van der Waals surface area contributed by atoms with Crippen molar-refractivity contribution < 1.29 is 0 Å². The summed E-state index contributed by atoms with van der Waals surface area (Å²) in [5, 5.41) is -0.120. The van der Waals surface area contributed by atoms with Gasteiger partial charge in [0, 0.05) is 11.2 Å². The predicted molar refractivity (Wildman–Crippen MR) is 80.8 cm³/mol.